The average molecular weight is 206 g/mol. The Morgan fingerprint density at radius 1 is 1.47 bits per heavy atom. The van der Waals surface area contributed by atoms with Gasteiger partial charge in [0.05, 0.1) is 5.54 Å². The van der Waals surface area contributed by atoms with Crippen molar-refractivity contribution >= 4 is 6.03 Å². The molecule has 0 aliphatic carbocycles. The van der Waals surface area contributed by atoms with Gasteiger partial charge in [0, 0.05) is 19.2 Å². The number of likely N-dealkylation sites (N-methyl/N-ethyl adjacent to an activating group) is 1. The largest absolute Gasteiger partial charge is 0.508 e. The zero-order chi connectivity index (χ0) is 11.1. The molecule has 0 aromatic heterocycles. The first-order valence-electron chi connectivity index (χ1n) is 4.85. The Bertz CT molecular complexity index is 405. The van der Waals surface area contributed by atoms with E-state index in [1.54, 1.807) is 24.1 Å². The fourth-order valence-corrected chi connectivity index (χ4v) is 2.01. The number of phenols is 1. The molecule has 2 N–H and O–H groups in total. The molecule has 0 bridgehead atoms. The topological polar surface area (TPSA) is 52.6 Å². The van der Waals surface area contributed by atoms with E-state index in [4.69, 9.17) is 0 Å². The second-order valence-corrected chi connectivity index (χ2v) is 4.14. The smallest absolute Gasteiger partial charge is 0.317 e. The number of aromatic hydroxyl groups is 1. The first-order chi connectivity index (χ1) is 7.03. The lowest BCUT2D eigenvalue weighted by atomic mass is 9.92. The molecule has 1 aromatic carbocycles. The van der Waals surface area contributed by atoms with Crippen molar-refractivity contribution in [2.24, 2.45) is 0 Å². The van der Waals surface area contributed by atoms with E-state index in [2.05, 4.69) is 5.32 Å². The van der Waals surface area contributed by atoms with E-state index >= 15 is 0 Å². The van der Waals surface area contributed by atoms with Crippen LogP contribution in [0.15, 0.2) is 24.3 Å². The van der Waals surface area contributed by atoms with Crippen LogP contribution >= 0.6 is 0 Å². The van der Waals surface area contributed by atoms with Gasteiger partial charge in [0.1, 0.15) is 5.75 Å². The van der Waals surface area contributed by atoms with Crippen LogP contribution in [0.25, 0.3) is 0 Å². The summed E-state index contributed by atoms with van der Waals surface area (Å²) in [5, 5.41) is 12.6. The van der Waals surface area contributed by atoms with E-state index in [9.17, 15) is 9.90 Å². The van der Waals surface area contributed by atoms with Crippen LogP contribution in [0.5, 0.6) is 5.75 Å². The number of carbonyl (C=O) groups is 1. The van der Waals surface area contributed by atoms with Crippen molar-refractivity contribution in [3.63, 3.8) is 0 Å². The van der Waals surface area contributed by atoms with Gasteiger partial charge in [-0.3, -0.25) is 0 Å². The predicted octanol–water partition coefficient (Wildman–Crippen LogP) is 1.26. The van der Waals surface area contributed by atoms with Gasteiger partial charge < -0.3 is 15.3 Å². The van der Waals surface area contributed by atoms with Crippen molar-refractivity contribution < 1.29 is 9.90 Å². The van der Waals surface area contributed by atoms with Gasteiger partial charge in [-0.25, -0.2) is 4.79 Å². The number of phenolic OH excluding ortho intramolecular Hbond substituents is 1. The van der Waals surface area contributed by atoms with Crippen LogP contribution < -0.4 is 5.32 Å². The summed E-state index contributed by atoms with van der Waals surface area (Å²) in [5.74, 6) is 0.218. The summed E-state index contributed by atoms with van der Waals surface area (Å²) in [6.45, 7) is 2.47. The highest BCUT2D eigenvalue weighted by Gasteiger charge is 2.39. The third kappa shape index (κ3) is 1.52. The summed E-state index contributed by atoms with van der Waals surface area (Å²) in [4.78, 5) is 13.0. The second-order valence-electron chi connectivity index (χ2n) is 4.14. The molecule has 1 heterocycles. The summed E-state index contributed by atoms with van der Waals surface area (Å²) < 4.78 is 0. The highest BCUT2D eigenvalue weighted by atomic mass is 16.3. The number of hydrogen-bond donors (Lipinski definition) is 2. The van der Waals surface area contributed by atoms with Gasteiger partial charge in [0.15, 0.2) is 0 Å². The number of rotatable bonds is 1. The number of urea groups is 1. The van der Waals surface area contributed by atoms with Gasteiger partial charge in [-0.05, 0) is 13.0 Å². The summed E-state index contributed by atoms with van der Waals surface area (Å²) in [5.41, 5.74) is 0.250. The third-order valence-electron chi connectivity index (χ3n) is 2.78. The predicted molar refractivity (Wildman–Crippen MR) is 56.6 cm³/mol. The Labute approximate surface area is 88.5 Å². The van der Waals surface area contributed by atoms with Crippen LogP contribution in [0.1, 0.15) is 12.5 Å². The Morgan fingerprint density at radius 2 is 2.13 bits per heavy atom. The van der Waals surface area contributed by atoms with Crippen molar-refractivity contribution in [2.45, 2.75) is 12.5 Å². The molecule has 1 fully saturated rings. The van der Waals surface area contributed by atoms with Gasteiger partial charge in [-0.2, -0.15) is 0 Å². The molecule has 1 unspecified atom stereocenters. The van der Waals surface area contributed by atoms with E-state index < -0.39 is 5.54 Å². The molecule has 80 valence electrons. The van der Waals surface area contributed by atoms with Crippen LogP contribution in [0.2, 0.25) is 0 Å². The quantitative estimate of drug-likeness (QED) is 0.726. The summed E-state index contributed by atoms with van der Waals surface area (Å²) in [7, 11) is 1.74. The summed E-state index contributed by atoms with van der Waals surface area (Å²) in [6, 6.07) is 6.97. The Hall–Kier alpha value is -1.71. The van der Waals surface area contributed by atoms with E-state index in [0.29, 0.717) is 6.54 Å². The lowest BCUT2D eigenvalue weighted by Gasteiger charge is -2.24. The number of amides is 2. The molecular formula is C11H14N2O2. The maximum atomic E-state index is 11.4. The summed E-state index contributed by atoms with van der Waals surface area (Å²) in [6.07, 6.45) is 0. The highest BCUT2D eigenvalue weighted by molar-refractivity contribution is 5.78. The molecule has 0 saturated carbocycles. The van der Waals surface area contributed by atoms with Crippen molar-refractivity contribution in [2.75, 3.05) is 13.6 Å². The van der Waals surface area contributed by atoms with Gasteiger partial charge in [-0.15, -0.1) is 0 Å². The number of para-hydroxylation sites is 1. The Balaban J connectivity index is 2.40. The second kappa shape index (κ2) is 3.15. The van der Waals surface area contributed by atoms with Gasteiger partial charge in [0.25, 0.3) is 0 Å². The third-order valence-corrected chi connectivity index (χ3v) is 2.78. The molecule has 4 nitrogen and oxygen atoms in total. The lowest BCUT2D eigenvalue weighted by molar-refractivity contribution is 0.226. The van der Waals surface area contributed by atoms with E-state index in [1.165, 1.54) is 0 Å². The molecule has 1 atom stereocenters. The highest BCUT2D eigenvalue weighted by Crippen LogP contribution is 2.32. The van der Waals surface area contributed by atoms with Crippen molar-refractivity contribution in [3.8, 4) is 5.75 Å². The van der Waals surface area contributed by atoms with Crippen LogP contribution in [0.3, 0.4) is 0 Å². The van der Waals surface area contributed by atoms with Crippen molar-refractivity contribution in [1.82, 2.24) is 10.2 Å². The molecule has 4 heteroatoms. The van der Waals surface area contributed by atoms with Gasteiger partial charge in [0.2, 0.25) is 0 Å². The minimum Gasteiger partial charge on any atom is -0.508 e. The Kier molecular flexibility index (Phi) is 2.07. The minimum absolute atomic E-state index is 0.110. The average Bonchev–Trinajstić information content (AvgIpc) is 2.42. The fraction of sp³-hybridized carbons (Fsp3) is 0.364. The zero-order valence-corrected chi connectivity index (χ0v) is 8.82. The van der Waals surface area contributed by atoms with Crippen LogP contribution in [0.4, 0.5) is 4.79 Å². The number of hydrogen-bond acceptors (Lipinski definition) is 2. The van der Waals surface area contributed by atoms with Crippen molar-refractivity contribution in [1.29, 1.82) is 0 Å². The molecular weight excluding hydrogens is 192 g/mol. The molecule has 0 spiro atoms. The number of nitrogens with one attached hydrogen (secondary N) is 1. The molecule has 0 radical (unpaired) electrons. The molecule has 1 saturated heterocycles. The monoisotopic (exact) mass is 206 g/mol. The number of benzene rings is 1. The Morgan fingerprint density at radius 3 is 2.67 bits per heavy atom. The lowest BCUT2D eigenvalue weighted by Crippen LogP contribution is -2.37. The first kappa shape index (κ1) is 9.83. The maximum absolute atomic E-state index is 11.4. The number of carbonyl (C=O) groups excluding carboxylic acids is 1. The molecule has 15 heavy (non-hydrogen) atoms. The SMILES string of the molecule is CN1CC(C)(c2ccccc2O)NC1=O. The van der Waals surface area contributed by atoms with E-state index in [0.717, 1.165) is 5.56 Å². The van der Waals surface area contributed by atoms with Crippen molar-refractivity contribution in [3.05, 3.63) is 29.8 Å². The van der Waals surface area contributed by atoms with E-state index in [-0.39, 0.29) is 11.8 Å². The molecule has 1 aromatic rings. The van der Waals surface area contributed by atoms with Gasteiger partial charge in [-0.1, -0.05) is 18.2 Å². The zero-order valence-electron chi connectivity index (χ0n) is 8.82. The van der Waals surface area contributed by atoms with Crippen LogP contribution in [-0.4, -0.2) is 29.6 Å². The minimum atomic E-state index is -0.503. The summed E-state index contributed by atoms with van der Waals surface area (Å²) >= 11 is 0. The number of nitrogens with zero attached hydrogens (tertiary/aromatic N) is 1. The van der Waals surface area contributed by atoms with Crippen LogP contribution in [0, 0.1) is 0 Å². The standard InChI is InChI=1S/C11H14N2O2/c1-11(7-13(2)10(15)12-11)8-5-3-4-6-9(8)14/h3-6,14H,7H2,1-2H3,(H,12,15). The molecule has 2 amide bonds. The normalized spacial score (nSPS) is 25.5. The molecule has 1 aliphatic heterocycles. The maximum Gasteiger partial charge on any atom is 0.317 e. The first-order valence-corrected chi connectivity index (χ1v) is 4.85. The molecule has 2 rings (SSSR count). The van der Waals surface area contributed by atoms with E-state index in [1.807, 2.05) is 19.1 Å². The van der Waals surface area contributed by atoms with Gasteiger partial charge >= 0.3 is 6.03 Å². The molecule has 1 aliphatic rings. The fourth-order valence-electron chi connectivity index (χ4n) is 2.01. The van der Waals surface area contributed by atoms with Crippen LogP contribution in [-0.2, 0) is 5.54 Å².